The molecule has 0 radical (unpaired) electrons. The standard InChI is InChI=1S/C82H153NO5/c1-3-5-7-9-11-13-15-17-19-20-40-44-48-52-56-60-64-68-72-76-82(87)88-77-73-69-65-61-57-53-49-45-42-39-37-35-33-31-29-27-25-23-21-22-24-26-28-30-32-34-36-38-41-43-47-51-55-59-63-67-71-75-81(86)83-79(78-84)80(85)74-70-66-62-58-54-50-46-18-16-14-12-10-8-6-4-2/h11,13,17,19,21,23,27,29,70,74,79-80,84-85H,3-10,12,14-16,18,20,22,24-26,28,30-69,71-73,75-78H2,1-2H3,(H,83,86)/b13-11-,19-17-,23-21-,29-27-,74-70+. The maximum absolute atomic E-state index is 12.5. The van der Waals surface area contributed by atoms with Gasteiger partial charge in [-0.1, -0.05) is 376 Å². The monoisotopic (exact) mass is 1230 g/mol. The highest BCUT2D eigenvalue weighted by Crippen LogP contribution is 2.19. The fourth-order valence-corrected chi connectivity index (χ4v) is 12.2. The van der Waals surface area contributed by atoms with Crippen molar-refractivity contribution < 1.29 is 24.5 Å². The van der Waals surface area contributed by atoms with E-state index in [2.05, 4.69) is 67.8 Å². The summed E-state index contributed by atoms with van der Waals surface area (Å²) >= 11 is 0. The van der Waals surface area contributed by atoms with Gasteiger partial charge in [0, 0.05) is 12.8 Å². The Bertz CT molecular complexity index is 1520. The third kappa shape index (κ3) is 72.6. The van der Waals surface area contributed by atoms with Crippen LogP contribution in [0, 0.1) is 0 Å². The van der Waals surface area contributed by atoms with Crippen LogP contribution in [0.2, 0.25) is 0 Å². The first-order chi connectivity index (χ1) is 43.5. The summed E-state index contributed by atoms with van der Waals surface area (Å²) in [5.41, 5.74) is 0. The number of rotatable bonds is 74. The van der Waals surface area contributed by atoms with E-state index in [1.807, 2.05) is 6.08 Å². The van der Waals surface area contributed by atoms with E-state index in [1.54, 1.807) is 6.08 Å². The van der Waals surface area contributed by atoms with Crippen LogP contribution in [-0.2, 0) is 14.3 Å². The lowest BCUT2D eigenvalue weighted by atomic mass is 10.0. The molecular weight excluding hydrogens is 1080 g/mol. The van der Waals surface area contributed by atoms with Crippen molar-refractivity contribution in [3.63, 3.8) is 0 Å². The number of hydrogen-bond donors (Lipinski definition) is 3. The number of aliphatic hydroxyl groups is 2. The Morgan fingerprint density at radius 1 is 0.318 bits per heavy atom. The molecular formula is C82H153NO5. The summed E-state index contributed by atoms with van der Waals surface area (Å²) in [6.07, 6.45) is 103. The van der Waals surface area contributed by atoms with Crippen LogP contribution in [0.25, 0.3) is 0 Å². The molecule has 3 N–H and O–H groups in total. The van der Waals surface area contributed by atoms with Crippen LogP contribution in [0.3, 0.4) is 0 Å². The Labute approximate surface area is 549 Å². The van der Waals surface area contributed by atoms with Gasteiger partial charge >= 0.3 is 5.97 Å². The molecule has 0 aromatic heterocycles. The molecule has 0 aliphatic rings. The van der Waals surface area contributed by atoms with Crippen LogP contribution >= 0.6 is 0 Å². The number of carbonyl (C=O) groups is 2. The van der Waals surface area contributed by atoms with E-state index in [4.69, 9.17) is 4.74 Å². The van der Waals surface area contributed by atoms with Crippen molar-refractivity contribution in [2.24, 2.45) is 0 Å². The van der Waals surface area contributed by atoms with E-state index >= 15 is 0 Å². The zero-order valence-corrected chi connectivity index (χ0v) is 59.2. The Kier molecular flexibility index (Phi) is 74.9. The molecule has 2 unspecified atom stereocenters. The van der Waals surface area contributed by atoms with E-state index in [0.717, 1.165) is 57.8 Å². The van der Waals surface area contributed by atoms with Crippen LogP contribution in [-0.4, -0.2) is 47.4 Å². The molecule has 0 spiro atoms. The first kappa shape index (κ1) is 85.6. The highest BCUT2D eigenvalue weighted by atomic mass is 16.5. The second-order valence-electron chi connectivity index (χ2n) is 27.0. The summed E-state index contributed by atoms with van der Waals surface area (Å²) in [4.78, 5) is 24.6. The van der Waals surface area contributed by atoms with Crippen molar-refractivity contribution in [1.29, 1.82) is 0 Å². The fraction of sp³-hybridized carbons (Fsp3) is 0.854. The van der Waals surface area contributed by atoms with Crippen molar-refractivity contribution in [2.75, 3.05) is 13.2 Å². The molecule has 0 fully saturated rings. The minimum absolute atomic E-state index is 0.0150. The molecule has 0 aliphatic heterocycles. The van der Waals surface area contributed by atoms with Crippen LogP contribution < -0.4 is 5.32 Å². The van der Waals surface area contributed by atoms with Crippen molar-refractivity contribution in [3.8, 4) is 0 Å². The molecule has 0 bridgehead atoms. The van der Waals surface area contributed by atoms with Gasteiger partial charge in [0.05, 0.1) is 25.4 Å². The molecule has 2 atom stereocenters. The summed E-state index contributed by atoms with van der Waals surface area (Å²) < 4.78 is 5.51. The average molecular weight is 1230 g/mol. The molecule has 0 rings (SSSR count). The topological polar surface area (TPSA) is 95.9 Å². The third-order valence-electron chi connectivity index (χ3n) is 18.3. The Morgan fingerprint density at radius 3 is 0.886 bits per heavy atom. The lowest BCUT2D eigenvalue weighted by molar-refractivity contribution is -0.143. The van der Waals surface area contributed by atoms with Crippen molar-refractivity contribution >= 4 is 11.9 Å². The van der Waals surface area contributed by atoms with E-state index in [-0.39, 0.29) is 18.5 Å². The molecule has 516 valence electrons. The molecule has 0 saturated carbocycles. The number of aliphatic hydroxyl groups excluding tert-OH is 2. The van der Waals surface area contributed by atoms with Gasteiger partial charge in [-0.25, -0.2) is 0 Å². The number of allylic oxidation sites excluding steroid dienone is 9. The summed E-state index contributed by atoms with van der Waals surface area (Å²) in [6.45, 7) is 4.91. The second-order valence-corrected chi connectivity index (χ2v) is 27.0. The number of carbonyl (C=O) groups excluding carboxylic acids is 2. The highest BCUT2D eigenvalue weighted by Gasteiger charge is 2.18. The summed E-state index contributed by atoms with van der Waals surface area (Å²) in [6, 6.07) is -0.626. The molecule has 0 saturated heterocycles. The first-order valence-corrected chi connectivity index (χ1v) is 39.6. The van der Waals surface area contributed by atoms with Gasteiger partial charge in [0.25, 0.3) is 0 Å². The van der Waals surface area contributed by atoms with Crippen LogP contribution in [0.4, 0.5) is 0 Å². The molecule has 0 aromatic rings. The Hall–Kier alpha value is -2.44. The minimum atomic E-state index is -0.843. The SMILES string of the molecule is CCCCC/C=C\C/C=C\CCCCCCCCCCCC(=O)OCCCCCCCCCCCCCCC/C=C\C/C=C\CCCCCCCCCCCCCCCCCCCC(=O)NC(CO)C(O)/C=C/CCCCCCCCCCCCCCC. The molecule has 1 amide bonds. The van der Waals surface area contributed by atoms with E-state index in [0.29, 0.717) is 19.4 Å². The molecule has 6 heteroatoms. The maximum Gasteiger partial charge on any atom is 0.305 e. The highest BCUT2D eigenvalue weighted by molar-refractivity contribution is 5.76. The lowest BCUT2D eigenvalue weighted by Crippen LogP contribution is -2.45. The number of esters is 1. The summed E-state index contributed by atoms with van der Waals surface area (Å²) in [7, 11) is 0. The van der Waals surface area contributed by atoms with Gasteiger partial charge < -0.3 is 20.3 Å². The lowest BCUT2D eigenvalue weighted by Gasteiger charge is -2.20. The first-order valence-electron chi connectivity index (χ1n) is 39.6. The predicted molar refractivity (Wildman–Crippen MR) is 389 cm³/mol. The van der Waals surface area contributed by atoms with Crippen LogP contribution in [0.5, 0.6) is 0 Å². The molecule has 88 heavy (non-hydrogen) atoms. The third-order valence-corrected chi connectivity index (χ3v) is 18.3. The van der Waals surface area contributed by atoms with Gasteiger partial charge in [0.15, 0.2) is 0 Å². The zero-order valence-electron chi connectivity index (χ0n) is 59.2. The molecule has 6 nitrogen and oxygen atoms in total. The van der Waals surface area contributed by atoms with Gasteiger partial charge in [-0.15, -0.1) is 0 Å². The Morgan fingerprint density at radius 2 is 0.568 bits per heavy atom. The number of hydrogen-bond acceptors (Lipinski definition) is 5. The minimum Gasteiger partial charge on any atom is -0.466 e. The number of nitrogens with one attached hydrogen (secondary N) is 1. The Balaban J connectivity index is 3.36. The second kappa shape index (κ2) is 77.0. The molecule has 0 heterocycles. The smallest absolute Gasteiger partial charge is 0.305 e. The van der Waals surface area contributed by atoms with Crippen LogP contribution in [0.1, 0.15) is 425 Å². The fourth-order valence-electron chi connectivity index (χ4n) is 12.2. The number of ether oxygens (including phenoxy) is 1. The largest absolute Gasteiger partial charge is 0.466 e. The average Bonchev–Trinajstić information content (AvgIpc) is 3.59. The van der Waals surface area contributed by atoms with Crippen LogP contribution in [0.15, 0.2) is 60.8 Å². The summed E-state index contributed by atoms with van der Waals surface area (Å²) in [5.74, 6) is -0.0482. The van der Waals surface area contributed by atoms with E-state index in [9.17, 15) is 19.8 Å². The van der Waals surface area contributed by atoms with Gasteiger partial charge in [0.1, 0.15) is 0 Å². The van der Waals surface area contributed by atoms with E-state index < -0.39 is 12.1 Å². The number of amides is 1. The molecule has 0 aliphatic carbocycles. The quantitative estimate of drug-likeness (QED) is 0.0320. The zero-order chi connectivity index (χ0) is 63.5. The van der Waals surface area contributed by atoms with Crippen molar-refractivity contribution in [1.82, 2.24) is 5.32 Å². The van der Waals surface area contributed by atoms with Gasteiger partial charge in [0.2, 0.25) is 5.91 Å². The summed E-state index contributed by atoms with van der Waals surface area (Å²) in [5, 5.41) is 23.2. The maximum atomic E-state index is 12.5. The van der Waals surface area contributed by atoms with Gasteiger partial charge in [-0.05, 0) is 96.3 Å². The molecule has 0 aromatic carbocycles. The van der Waals surface area contributed by atoms with Crippen molar-refractivity contribution in [2.45, 2.75) is 437 Å². The van der Waals surface area contributed by atoms with E-state index in [1.165, 1.54) is 340 Å². The predicted octanol–water partition coefficient (Wildman–Crippen LogP) is 26.2. The van der Waals surface area contributed by atoms with Gasteiger partial charge in [-0.2, -0.15) is 0 Å². The normalized spacial score (nSPS) is 12.8. The van der Waals surface area contributed by atoms with Crippen molar-refractivity contribution in [3.05, 3.63) is 60.8 Å². The van der Waals surface area contributed by atoms with Gasteiger partial charge in [-0.3, -0.25) is 9.59 Å². The number of unbranched alkanes of at least 4 members (excludes halogenated alkanes) is 55.